The maximum absolute atomic E-state index is 13.8. The first-order valence-corrected chi connectivity index (χ1v) is 24.1. The number of fused-ring (bicyclic) bond motifs is 3. The van der Waals surface area contributed by atoms with E-state index < -0.39 is 30.3 Å². The molecule has 18 atom stereocenters. The topological polar surface area (TPSA) is 174 Å². The predicted octanol–water partition coefficient (Wildman–Crippen LogP) is 5.26. The molecule has 10 nitrogen and oxygen atoms in total. The molecule has 5 aliphatic carbocycles. The van der Waals surface area contributed by atoms with E-state index in [2.05, 4.69) is 22.5 Å². The van der Waals surface area contributed by atoms with Crippen molar-refractivity contribution in [2.24, 2.45) is 70.8 Å². The Morgan fingerprint density at radius 3 is 2.41 bits per heavy atom. The first-order valence-electron chi connectivity index (χ1n) is 24.1. The number of carbonyl (C=O) groups excluding carboxylic acids is 2. The Balaban J connectivity index is 1.00. The number of methoxy groups -OCH3 is 1. The molecular weight excluding hydrogens is 731 g/mol. The van der Waals surface area contributed by atoms with Crippen LogP contribution in [0.1, 0.15) is 148 Å². The van der Waals surface area contributed by atoms with Gasteiger partial charge in [-0.1, -0.05) is 50.4 Å². The smallest absolute Gasteiger partial charge is 0.150 e. The summed E-state index contributed by atoms with van der Waals surface area (Å²) in [6.07, 6.45) is 17.1. The number of piperidine rings is 2. The quantitative estimate of drug-likeness (QED) is 0.0906. The van der Waals surface area contributed by atoms with E-state index in [1.54, 1.807) is 7.11 Å². The molecule has 0 aromatic carbocycles. The third-order valence-electron chi connectivity index (χ3n) is 17.0. The molecule has 0 amide bonds. The number of aliphatic hydroxyl groups is 4. The van der Waals surface area contributed by atoms with Crippen LogP contribution in [0.4, 0.5) is 0 Å². The molecule has 2 saturated heterocycles. The average molecular weight is 810 g/mol. The van der Waals surface area contributed by atoms with Gasteiger partial charge in [0.2, 0.25) is 0 Å². The van der Waals surface area contributed by atoms with Gasteiger partial charge in [-0.25, -0.2) is 0 Å². The van der Waals surface area contributed by atoms with Gasteiger partial charge in [0.15, 0.2) is 0 Å². The minimum Gasteiger partial charge on any atom is -0.391 e. The van der Waals surface area contributed by atoms with E-state index in [0.29, 0.717) is 92.8 Å². The van der Waals surface area contributed by atoms with E-state index in [9.17, 15) is 30.0 Å². The Morgan fingerprint density at radius 1 is 0.810 bits per heavy atom. The minimum atomic E-state index is -0.986. The average Bonchev–Trinajstić information content (AvgIpc) is 3.28. The van der Waals surface area contributed by atoms with Gasteiger partial charge < -0.3 is 41.5 Å². The van der Waals surface area contributed by atoms with Crippen molar-refractivity contribution < 1.29 is 34.8 Å². The molecule has 7 rings (SSSR count). The van der Waals surface area contributed by atoms with E-state index in [1.165, 1.54) is 44.9 Å². The largest absolute Gasteiger partial charge is 0.391 e. The van der Waals surface area contributed by atoms with Crippen LogP contribution in [0.3, 0.4) is 0 Å². The van der Waals surface area contributed by atoms with Gasteiger partial charge in [-0.2, -0.15) is 0 Å². The van der Waals surface area contributed by atoms with Gasteiger partial charge in [-0.05, 0) is 156 Å². The summed E-state index contributed by atoms with van der Waals surface area (Å²) in [5.74, 6) is 10.0. The highest BCUT2D eigenvalue weighted by atomic mass is 16.5. The van der Waals surface area contributed by atoms with Crippen molar-refractivity contribution in [1.82, 2.24) is 10.6 Å². The summed E-state index contributed by atoms with van der Waals surface area (Å²) in [7, 11) is 1.63. The summed E-state index contributed by atoms with van der Waals surface area (Å²) in [4.78, 5) is 25.7. The number of carbonyl (C=O) groups is 2. The summed E-state index contributed by atoms with van der Waals surface area (Å²) >= 11 is 0. The third kappa shape index (κ3) is 11.3. The number of rotatable bonds is 14. The highest BCUT2D eigenvalue weighted by Gasteiger charge is 2.44. The number of Topliss-reactive ketones (excluding diaryl/α,β-unsaturated/α-hetero) is 2. The maximum Gasteiger partial charge on any atom is 0.150 e. The Kier molecular flexibility index (Phi) is 16.2. The predicted molar refractivity (Wildman–Crippen MR) is 225 cm³/mol. The van der Waals surface area contributed by atoms with E-state index in [4.69, 9.17) is 10.5 Å². The lowest BCUT2D eigenvalue weighted by atomic mass is 9.61. The van der Waals surface area contributed by atoms with Crippen LogP contribution in [0.25, 0.3) is 0 Å². The summed E-state index contributed by atoms with van der Waals surface area (Å²) in [5.41, 5.74) is 6.46. The molecule has 2 aliphatic heterocycles. The number of hydrogen-bond acceptors (Lipinski definition) is 10. The van der Waals surface area contributed by atoms with Crippen molar-refractivity contribution in [1.29, 1.82) is 0 Å². The second-order valence-electron chi connectivity index (χ2n) is 20.6. The van der Waals surface area contributed by atoms with Gasteiger partial charge >= 0.3 is 0 Å². The summed E-state index contributed by atoms with van der Waals surface area (Å²) in [5, 5.41) is 53.6. The molecule has 2 heterocycles. The summed E-state index contributed by atoms with van der Waals surface area (Å²) in [6, 6.07) is 0.342. The molecule has 4 saturated carbocycles. The molecule has 18 unspecified atom stereocenters. The molecule has 328 valence electrons. The van der Waals surface area contributed by atoms with Crippen molar-refractivity contribution in [2.45, 2.75) is 190 Å². The molecule has 0 radical (unpaired) electrons. The summed E-state index contributed by atoms with van der Waals surface area (Å²) < 4.78 is 5.69. The number of nitrogens with one attached hydrogen (secondary N) is 2. The second kappa shape index (κ2) is 21.1. The zero-order valence-corrected chi connectivity index (χ0v) is 35.7. The first kappa shape index (κ1) is 44.6. The van der Waals surface area contributed by atoms with Gasteiger partial charge in [0.1, 0.15) is 17.5 Å². The number of aliphatic hydroxyl groups excluding tert-OH is 4. The molecule has 10 heteroatoms. The van der Waals surface area contributed by atoms with Crippen LogP contribution in [0.2, 0.25) is 0 Å². The lowest BCUT2D eigenvalue weighted by Gasteiger charge is -2.46. The second-order valence-corrected chi connectivity index (χ2v) is 20.6. The van der Waals surface area contributed by atoms with Crippen LogP contribution in [0.5, 0.6) is 0 Å². The fourth-order valence-electron chi connectivity index (χ4n) is 13.6. The van der Waals surface area contributed by atoms with Crippen molar-refractivity contribution in [3.05, 3.63) is 0 Å². The third-order valence-corrected chi connectivity index (χ3v) is 17.0. The van der Waals surface area contributed by atoms with Crippen molar-refractivity contribution in [3.8, 4) is 11.8 Å². The van der Waals surface area contributed by atoms with Crippen LogP contribution in [0, 0.1) is 76.9 Å². The standard InChI is InChI=1S/C48H79N3O7/c1-58-47-23-34-14-17-43(54)38(42(53)9-5-2-6-29-20-36-12-15-37(52)25-41(36)51-28-29)16-13-33(40(34)27-46(47)57)22-44(55)45(56)26-39(35-18-19-50-48(49)24-35)32-11-10-30-7-3-4-8-31(30)21-32/h29-36,38-42,44-48,50-51,53,55-57H,2-12,14-15,17-28,49H2,1H3. The molecule has 58 heavy (non-hydrogen) atoms. The van der Waals surface area contributed by atoms with Crippen molar-refractivity contribution in [3.63, 3.8) is 0 Å². The SMILES string of the molecule is COC1CC2CCC(=O)C(C(O)CCCCC3CNC4CC(=O)CCC4C3)C#CC(CC(O)C(O)CC(C3CCNC(N)C3)C3CCC4CCCCC4C3)C2CC1O. The fourth-order valence-corrected chi connectivity index (χ4v) is 13.6. The van der Waals surface area contributed by atoms with Crippen LogP contribution in [-0.4, -0.2) is 94.9 Å². The van der Waals surface area contributed by atoms with E-state index in [-0.39, 0.29) is 42.2 Å². The number of ether oxygens (including phenoxy) is 1. The Morgan fingerprint density at radius 2 is 1.60 bits per heavy atom. The normalized spacial score (nSPS) is 41.8. The van der Waals surface area contributed by atoms with Crippen LogP contribution in [0.15, 0.2) is 0 Å². The number of ketones is 2. The van der Waals surface area contributed by atoms with E-state index in [0.717, 1.165) is 69.9 Å². The van der Waals surface area contributed by atoms with E-state index >= 15 is 0 Å². The zero-order chi connectivity index (χ0) is 40.8. The number of nitrogens with two attached hydrogens (primary N) is 1. The lowest BCUT2D eigenvalue weighted by Crippen LogP contribution is -2.48. The Labute approximate surface area is 349 Å². The van der Waals surface area contributed by atoms with Gasteiger partial charge in [0, 0.05) is 38.3 Å². The first-order chi connectivity index (χ1) is 28.1. The monoisotopic (exact) mass is 810 g/mol. The van der Waals surface area contributed by atoms with Gasteiger partial charge in [0.05, 0.1) is 36.7 Å². The lowest BCUT2D eigenvalue weighted by molar-refractivity contribution is -0.125. The zero-order valence-electron chi connectivity index (χ0n) is 35.7. The number of unbranched alkanes of at least 4 members (excludes halogenated alkanes) is 1. The fraction of sp³-hybridized carbons (Fsp3) is 0.917. The molecule has 8 N–H and O–H groups in total. The molecule has 0 aromatic heterocycles. The van der Waals surface area contributed by atoms with Crippen molar-refractivity contribution in [2.75, 3.05) is 20.2 Å². The van der Waals surface area contributed by atoms with Crippen molar-refractivity contribution >= 4 is 11.6 Å². The molecule has 0 aromatic rings. The van der Waals surface area contributed by atoms with Gasteiger partial charge in [-0.15, -0.1) is 0 Å². The molecule has 0 spiro atoms. The highest BCUT2D eigenvalue weighted by molar-refractivity contribution is 5.84. The van der Waals surface area contributed by atoms with E-state index in [1.807, 2.05) is 0 Å². The highest BCUT2D eigenvalue weighted by Crippen LogP contribution is 2.49. The maximum atomic E-state index is 13.8. The summed E-state index contributed by atoms with van der Waals surface area (Å²) in [6.45, 7) is 1.83. The molecule has 0 bridgehead atoms. The van der Waals surface area contributed by atoms with Gasteiger partial charge in [0.25, 0.3) is 0 Å². The molecular formula is C48H79N3O7. The molecule has 6 fully saturated rings. The number of hydrogen-bond donors (Lipinski definition) is 7. The minimum absolute atomic E-state index is 0.0230. The van der Waals surface area contributed by atoms with Crippen LogP contribution < -0.4 is 16.4 Å². The molecule has 7 aliphatic rings. The van der Waals surface area contributed by atoms with Crippen LogP contribution in [-0.2, 0) is 14.3 Å². The van der Waals surface area contributed by atoms with Gasteiger partial charge in [-0.3, -0.25) is 9.59 Å². The Bertz CT molecular complexity index is 1400. The Hall–Kier alpha value is -1.42. The van der Waals surface area contributed by atoms with Crippen LogP contribution >= 0.6 is 0 Å².